The van der Waals surface area contributed by atoms with Crippen LogP contribution in [-0.4, -0.2) is 16.3 Å². The highest BCUT2D eigenvalue weighted by atomic mass is 16.3. The molecule has 4 fully saturated rings. The summed E-state index contributed by atoms with van der Waals surface area (Å²) in [5.41, 5.74) is 0.500. The molecule has 2 saturated heterocycles. The van der Waals surface area contributed by atoms with Crippen molar-refractivity contribution in [1.82, 2.24) is 0 Å². The van der Waals surface area contributed by atoms with E-state index >= 15 is 0 Å². The third kappa shape index (κ3) is 0.893. The van der Waals surface area contributed by atoms with Crippen molar-refractivity contribution in [2.45, 2.75) is 57.5 Å². The van der Waals surface area contributed by atoms with Crippen LogP contribution in [0.2, 0.25) is 0 Å². The molecule has 0 aromatic rings. The molecule has 4 aliphatic rings. The molecular weight excluding hydrogens is 162 g/mol. The van der Waals surface area contributed by atoms with Gasteiger partial charge >= 0.3 is 0 Å². The van der Waals surface area contributed by atoms with Gasteiger partial charge in [0, 0.05) is 42.3 Å². The molecule has 2 saturated carbocycles. The summed E-state index contributed by atoms with van der Waals surface area (Å²) in [6.45, 7) is 4.56. The first kappa shape index (κ1) is 7.95. The lowest BCUT2D eigenvalue weighted by molar-refractivity contribution is -0.693. The molecule has 0 amide bonds. The summed E-state index contributed by atoms with van der Waals surface area (Å²) in [5.74, 6) is 0.854. The molecule has 0 radical (unpaired) electrons. The van der Waals surface area contributed by atoms with E-state index in [2.05, 4.69) is 13.8 Å². The van der Waals surface area contributed by atoms with Gasteiger partial charge in [-0.3, -0.25) is 0 Å². The smallest absolute Gasteiger partial charge is 0.0591 e. The summed E-state index contributed by atoms with van der Waals surface area (Å²) in [7, 11) is 0. The Morgan fingerprint density at radius 1 is 1.23 bits per heavy atom. The van der Waals surface area contributed by atoms with Crippen molar-refractivity contribution >= 4 is 0 Å². The summed E-state index contributed by atoms with van der Waals surface area (Å²) in [4.78, 5) is 12.0. The van der Waals surface area contributed by atoms with Crippen molar-refractivity contribution in [3.63, 3.8) is 0 Å². The van der Waals surface area contributed by atoms with E-state index < -0.39 is 0 Å². The average Bonchev–Trinajstić information content (AvgIpc) is 1.96. The molecule has 2 heterocycles. The summed E-state index contributed by atoms with van der Waals surface area (Å²) in [6.07, 6.45) is 6.00. The van der Waals surface area contributed by atoms with Crippen molar-refractivity contribution in [1.29, 1.82) is 0 Å². The van der Waals surface area contributed by atoms with Crippen molar-refractivity contribution in [2.75, 3.05) is 0 Å². The monoisotopic (exact) mass is 180 g/mol. The molecule has 2 aliphatic carbocycles. The number of piperidine rings is 2. The first-order valence-corrected chi connectivity index (χ1v) is 5.47. The lowest BCUT2D eigenvalue weighted by Crippen LogP contribution is -2.62. The van der Waals surface area contributed by atoms with Crippen LogP contribution in [0.3, 0.4) is 0 Å². The fourth-order valence-corrected chi connectivity index (χ4v) is 4.60. The molecule has 2 heteroatoms. The maximum Gasteiger partial charge on any atom is 0.208 e. The third-order valence-corrected chi connectivity index (χ3v) is 4.52. The summed E-state index contributed by atoms with van der Waals surface area (Å²) >= 11 is 0. The van der Waals surface area contributed by atoms with Crippen molar-refractivity contribution in [3.05, 3.63) is 4.91 Å². The van der Waals surface area contributed by atoms with Crippen LogP contribution >= 0.6 is 0 Å². The second-order valence-electron chi connectivity index (χ2n) is 6.18. The Kier molecular flexibility index (Phi) is 1.22. The van der Waals surface area contributed by atoms with Gasteiger partial charge in [-0.1, -0.05) is 6.92 Å². The van der Waals surface area contributed by atoms with Crippen molar-refractivity contribution in [3.8, 4) is 0 Å². The third-order valence-electron chi connectivity index (χ3n) is 4.52. The van der Waals surface area contributed by atoms with E-state index in [1.165, 1.54) is 17.6 Å². The second kappa shape index (κ2) is 1.99. The highest BCUT2D eigenvalue weighted by Gasteiger charge is 2.64. The Morgan fingerprint density at radius 3 is 2.62 bits per heavy atom. The van der Waals surface area contributed by atoms with Crippen LogP contribution in [-0.2, 0) is 0 Å². The van der Waals surface area contributed by atoms with E-state index in [0.29, 0.717) is 11.5 Å². The predicted octanol–water partition coefficient (Wildman–Crippen LogP) is 2.51. The molecule has 0 aromatic heterocycles. The number of nitrogens with zero attached hydrogens (tertiary/aromatic N) is 1. The normalized spacial score (nSPS) is 58.8. The molecule has 4 atom stereocenters. The van der Waals surface area contributed by atoms with Crippen LogP contribution in [0.25, 0.3) is 0 Å². The minimum atomic E-state index is -0.00116. The number of hydrogen-bond acceptors (Lipinski definition) is 1. The standard InChI is InChI=1S/C11H18NO/c1-10-4-8-3-9(6-10)12(13)11(2,5-8)7-10/h8-9H,3-7H2,1-2H3/q+1. The van der Waals surface area contributed by atoms with E-state index in [4.69, 9.17) is 0 Å². The first-order chi connectivity index (χ1) is 6.01. The van der Waals surface area contributed by atoms with Gasteiger partial charge < -0.3 is 0 Å². The van der Waals surface area contributed by atoms with Gasteiger partial charge in [-0.25, -0.2) is 0 Å². The Hall–Kier alpha value is -0.400. The van der Waals surface area contributed by atoms with E-state index in [9.17, 15) is 4.91 Å². The van der Waals surface area contributed by atoms with Crippen LogP contribution < -0.4 is 0 Å². The molecule has 72 valence electrons. The molecule has 2 aliphatic heterocycles. The van der Waals surface area contributed by atoms with E-state index in [1.807, 2.05) is 0 Å². The van der Waals surface area contributed by atoms with Gasteiger partial charge in [-0.05, 0) is 17.8 Å². The Bertz CT molecular complexity index is 288. The highest BCUT2D eigenvalue weighted by Crippen LogP contribution is 2.58. The molecule has 4 rings (SSSR count). The highest BCUT2D eigenvalue weighted by molar-refractivity contribution is 5.03. The number of rotatable bonds is 0. The lowest BCUT2D eigenvalue weighted by Gasteiger charge is -2.53. The van der Waals surface area contributed by atoms with Crippen LogP contribution in [0.15, 0.2) is 0 Å². The summed E-state index contributed by atoms with van der Waals surface area (Å²) in [6, 6.07) is 0.358. The van der Waals surface area contributed by atoms with Crippen LogP contribution in [0, 0.1) is 16.2 Å². The Labute approximate surface area is 79.3 Å². The average molecular weight is 180 g/mol. The molecular formula is C11H18NO+. The molecule has 2 nitrogen and oxygen atoms in total. The molecule has 0 N–H and O–H groups in total. The molecule has 13 heavy (non-hydrogen) atoms. The van der Waals surface area contributed by atoms with Gasteiger partial charge in [0.05, 0.1) is 0 Å². The summed E-state index contributed by atoms with van der Waals surface area (Å²) < 4.78 is 1.43. The van der Waals surface area contributed by atoms with Gasteiger partial charge in [0.15, 0.2) is 0 Å². The summed E-state index contributed by atoms with van der Waals surface area (Å²) in [5, 5.41) is 0. The minimum Gasteiger partial charge on any atom is -0.0591 e. The zero-order valence-corrected chi connectivity index (χ0v) is 8.55. The maximum absolute atomic E-state index is 12.0. The molecule has 4 bridgehead atoms. The minimum absolute atomic E-state index is 0.00116. The fraction of sp³-hybridized carbons (Fsp3) is 1.00. The first-order valence-electron chi connectivity index (χ1n) is 5.47. The molecule has 4 unspecified atom stereocenters. The maximum atomic E-state index is 12.0. The van der Waals surface area contributed by atoms with Gasteiger partial charge in [-0.2, -0.15) is 0 Å². The van der Waals surface area contributed by atoms with Gasteiger partial charge in [0.2, 0.25) is 11.6 Å². The lowest BCUT2D eigenvalue weighted by atomic mass is 9.53. The largest absolute Gasteiger partial charge is 0.208 e. The SMILES string of the molecule is CC12CC3CC(C1)[N+](=O)C(C)(C3)C2. The van der Waals surface area contributed by atoms with E-state index in [0.717, 1.165) is 25.2 Å². The zero-order chi connectivity index (χ0) is 9.27. The van der Waals surface area contributed by atoms with Crippen molar-refractivity contribution in [2.24, 2.45) is 11.3 Å². The fourth-order valence-electron chi connectivity index (χ4n) is 4.60. The van der Waals surface area contributed by atoms with Gasteiger partial charge in [0.1, 0.15) is 0 Å². The second-order valence-corrected chi connectivity index (χ2v) is 6.18. The Morgan fingerprint density at radius 2 is 2.00 bits per heavy atom. The predicted molar refractivity (Wildman–Crippen MR) is 50.5 cm³/mol. The Balaban J connectivity index is 2.06. The topological polar surface area (TPSA) is 20.1 Å². The van der Waals surface area contributed by atoms with Crippen LogP contribution in [0.4, 0.5) is 0 Å². The van der Waals surface area contributed by atoms with Crippen LogP contribution in [0.5, 0.6) is 0 Å². The van der Waals surface area contributed by atoms with Gasteiger partial charge in [-0.15, -0.1) is 0 Å². The molecule has 0 spiro atoms. The molecule has 0 aromatic carbocycles. The van der Waals surface area contributed by atoms with Crippen LogP contribution in [0.1, 0.15) is 46.0 Å². The van der Waals surface area contributed by atoms with E-state index in [1.54, 1.807) is 0 Å². The number of hydrogen-bond donors (Lipinski definition) is 0. The number of nitroso groups, excluding NO2 is 1. The zero-order valence-electron chi connectivity index (χ0n) is 8.55. The van der Waals surface area contributed by atoms with Gasteiger partial charge in [0.25, 0.3) is 0 Å². The van der Waals surface area contributed by atoms with Crippen molar-refractivity contribution < 1.29 is 4.76 Å². The van der Waals surface area contributed by atoms with E-state index in [-0.39, 0.29) is 5.54 Å². The quantitative estimate of drug-likeness (QED) is 0.524.